The number of fused-ring (bicyclic) bond motifs is 4. The van der Waals surface area contributed by atoms with Crippen molar-refractivity contribution in [2.24, 2.45) is 23.7 Å². The van der Waals surface area contributed by atoms with Gasteiger partial charge in [0.25, 0.3) is 5.91 Å². The second-order valence-corrected chi connectivity index (χ2v) is 18.8. The minimum absolute atomic E-state index is 0.127. The van der Waals surface area contributed by atoms with Gasteiger partial charge in [0.1, 0.15) is 5.75 Å². The quantitative estimate of drug-likeness (QED) is 0.352. The number of carbonyl (C=O) groups excluding carboxylic acids is 1. The number of nitrogens with zero attached hydrogens (tertiary/aromatic N) is 2. The summed E-state index contributed by atoms with van der Waals surface area (Å²) < 4.78 is 36.7. The van der Waals surface area contributed by atoms with Crippen molar-refractivity contribution < 1.29 is 23.2 Å². The van der Waals surface area contributed by atoms with E-state index in [0.717, 1.165) is 87.5 Å². The number of rotatable bonds is 3. The van der Waals surface area contributed by atoms with Crippen LogP contribution in [-0.4, -0.2) is 85.0 Å². The smallest absolute Gasteiger partial charge is 0.262 e. The first-order valence-corrected chi connectivity index (χ1v) is 21.1. The van der Waals surface area contributed by atoms with Gasteiger partial charge in [-0.05, 0) is 131 Å². The molecule has 1 saturated carbocycles. The van der Waals surface area contributed by atoms with E-state index in [-0.39, 0.29) is 40.7 Å². The van der Waals surface area contributed by atoms with Gasteiger partial charge in [-0.2, -0.15) is 0 Å². The first-order valence-electron chi connectivity index (χ1n) is 18.9. The zero-order chi connectivity index (χ0) is 35.2. The molecule has 274 valence electrons. The Hall–Kier alpha value is -2.30. The van der Waals surface area contributed by atoms with Gasteiger partial charge in [-0.1, -0.05) is 37.9 Å². The minimum Gasteiger partial charge on any atom is -0.490 e. The molecular formula is C40H56ClN3O5S. The summed E-state index contributed by atoms with van der Waals surface area (Å²) >= 11 is 6.50. The van der Waals surface area contributed by atoms with Crippen molar-refractivity contribution in [2.45, 2.75) is 95.1 Å². The molecule has 1 spiro atoms. The van der Waals surface area contributed by atoms with E-state index < -0.39 is 9.71 Å². The molecule has 3 aliphatic heterocycles. The van der Waals surface area contributed by atoms with Gasteiger partial charge in [-0.15, -0.1) is 0 Å². The lowest BCUT2D eigenvalue weighted by Crippen LogP contribution is -2.52. The maximum absolute atomic E-state index is 14.0. The van der Waals surface area contributed by atoms with Crippen LogP contribution in [0.5, 0.6) is 5.75 Å². The predicted molar refractivity (Wildman–Crippen MR) is 203 cm³/mol. The highest BCUT2D eigenvalue weighted by molar-refractivity contribution is 7.99. The third kappa shape index (κ3) is 7.06. The first-order chi connectivity index (χ1) is 24.0. The number of aryl methyl sites for hydroxylation is 1. The SMILES string of the molecule is C=S1(=O)NC(=O)c2ccc3c(c2)N(C[C@@H]2CC[C@H]2[C@@H](C2OCC(N(C)CC)CO2)CCC[C@H](C)[C@H]1C)C[C@@]1(CCCc2cc(Cl)ccc21)CO3. The third-order valence-corrected chi connectivity index (χ3v) is 15.5. The Labute approximate surface area is 304 Å². The van der Waals surface area contributed by atoms with Gasteiger partial charge in [-0.3, -0.25) is 14.4 Å². The van der Waals surface area contributed by atoms with Crippen LogP contribution < -0.4 is 14.4 Å². The molecule has 1 saturated heterocycles. The molecule has 2 aromatic rings. The molecule has 0 aromatic heterocycles. The Morgan fingerprint density at radius 2 is 1.86 bits per heavy atom. The van der Waals surface area contributed by atoms with Gasteiger partial charge in [0.05, 0.1) is 41.3 Å². The van der Waals surface area contributed by atoms with Crippen LogP contribution in [-0.2, 0) is 31.0 Å². The monoisotopic (exact) mass is 725 g/mol. The highest BCUT2D eigenvalue weighted by Crippen LogP contribution is 2.49. The number of hydrogen-bond donors (Lipinski definition) is 1. The molecule has 10 heteroatoms. The minimum atomic E-state index is -2.91. The van der Waals surface area contributed by atoms with Crippen molar-refractivity contribution in [3.05, 3.63) is 58.1 Å². The van der Waals surface area contributed by atoms with E-state index in [1.807, 2.05) is 25.1 Å². The highest BCUT2D eigenvalue weighted by atomic mass is 35.5. The average Bonchev–Trinajstić information content (AvgIpc) is 3.25. The Morgan fingerprint density at radius 3 is 2.60 bits per heavy atom. The lowest BCUT2D eigenvalue weighted by atomic mass is 9.64. The van der Waals surface area contributed by atoms with Crippen molar-refractivity contribution >= 4 is 38.8 Å². The Morgan fingerprint density at radius 1 is 1.06 bits per heavy atom. The molecule has 1 amide bonds. The molecule has 2 aromatic carbocycles. The lowest BCUT2D eigenvalue weighted by Gasteiger charge is -2.49. The Balaban J connectivity index is 1.25. The van der Waals surface area contributed by atoms with Crippen LogP contribution in [0.4, 0.5) is 5.69 Å². The molecule has 1 unspecified atom stereocenters. The Bertz CT molecular complexity index is 1660. The molecule has 0 radical (unpaired) electrons. The zero-order valence-corrected chi connectivity index (χ0v) is 31.9. The van der Waals surface area contributed by atoms with Gasteiger partial charge in [-0.25, -0.2) is 4.21 Å². The second-order valence-electron chi connectivity index (χ2n) is 16.0. The van der Waals surface area contributed by atoms with Gasteiger partial charge >= 0.3 is 0 Å². The Kier molecular flexibility index (Phi) is 10.5. The highest BCUT2D eigenvalue weighted by Gasteiger charge is 2.46. The summed E-state index contributed by atoms with van der Waals surface area (Å²) in [6.07, 6.45) is 8.06. The summed E-state index contributed by atoms with van der Waals surface area (Å²) in [5.74, 6) is 5.83. The standard InChI is InChI=1S/C40H56ClN3O5S/c1-6-43(4)32-22-47-39(48-23-32)34-11-7-9-26(2)27(3)50(5,46)42-38(45)29-13-17-37-36(20-29)44(21-30-12-15-33(30)34)24-40(25-49-37)18-8-10-28-19-31(41)14-16-35(28)40/h13-14,16-17,19-20,26-27,30,32-34,39H,5-12,15,18,21-25H2,1-4H3,(H,42,45,46)/t26-,27+,30-,32?,33+,34-,39?,40-,50?/m0/s1. The summed E-state index contributed by atoms with van der Waals surface area (Å²) in [6, 6.07) is 12.3. The fourth-order valence-corrected chi connectivity index (χ4v) is 11.0. The van der Waals surface area contributed by atoms with E-state index >= 15 is 0 Å². The van der Waals surface area contributed by atoms with Crippen molar-refractivity contribution in [2.75, 3.05) is 51.4 Å². The van der Waals surface area contributed by atoms with Crippen LogP contribution in [0, 0.1) is 23.7 Å². The molecule has 2 aliphatic carbocycles. The lowest BCUT2D eigenvalue weighted by molar-refractivity contribution is -0.241. The van der Waals surface area contributed by atoms with Crippen LogP contribution in [0.25, 0.3) is 0 Å². The number of benzene rings is 2. The molecule has 1 N–H and O–H groups in total. The molecular weight excluding hydrogens is 670 g/mol. The molecule has 7 atom stereocenters. The fourth-order valence-electron chi connectivity index (χ4n) is 9.34. The summed E-state index contributed by atoms with van der Waals surface area (Å²) in [7, 11) is -0.769. The summed E-state index contributed by atoms with van der Waals surface area (Å²) in [5.41, 5.74) is 3.83. The van der Waals surface area contributed by atoms with Crippen molar-refractivity contribution in [3.63, 3.8) is 0 Å². The van der Waals surface area contributed by atoms with E-state index in [2.05, 4.69) is 53.4 Å². The van der Waals surface area contributed by atoms with Crippen LogP contribution in [0.1, 0.15) is 87.2 Å². The number of carbonyl (C=O) groups is 1. The maximum Gasteiger partial charge on any atom is 0.262 e. The van der Waals surface area contributed by atoms with Crippen molar-refractivity contribution in [1.29, 1.82) is 0 Å². The van der Waals surface area contributed by atoms with E-state index in [4.69, 9.17) is 25.8 Å². The number of nitrogens with one attached hydrogen (secondary N) is 1. The molecule has 7 rings (SSSR count). The van der Waals surface area contributed by atoms with Crippen molar-refractivity contribution in [1.82, 2.24) is 9.62 Å². The van der Waals surface area contributed by atoms with Gasteiger partial charge in [0.15, 0.2) is 6.29 Å². The number of ether oxygens (including phenoxy) is 3. The van der Waals surface area contributed by atoms with Gasteiger partial charge in [0.2, 0.25) is 0 Å². The number of amides is 1. The number of anilines is 1. The third-order valence-electron chi connectivity index (χ3n) is 13.0. The number of likely N-dealkylation sites (N-methyl/N-ethyl adjacent to an activating group) is 1. The summed E-state index contributed by atoms with van der Waals surface area (Å²) in [6.45, 7) is 10.8. The molecule has 8 nitrogen and oxygen atoms in total. The first kappa shape index (κ1) is 36.1. The van der Waals surface area contributed by atoms with E-state index in [9.17, 15) is 9.00 Å². The van der Waals surface area contributed by atoms with Gasteiger partial charge < -0.3 is 19.1 Å². The maximum atomic E-state index is 14.0. The predicted octanol–water partition coefficient (Wildman–Crippen LogP) is 6.72. The topological polar surface area (TPSA) is 80.3 Å². The molecule has 50 heavy (non-hydrogen) atoms. The van der Waals surface area contributed by atoms with Crippen LogP contribution in [0.2, 0.25) is 5.02 Å². The van der Waals surface area contributed by atoms with Crippen molar-refractivity contribution in [3.8, 4) is 5.75 Å². The average molecular weight is 726 g/mol. The van der Waals surface area contributed by atoms with Gasteiger partial charge in [0, 0.05) is 40.3 Å². The largest absolute Gasteiger partial charge is 0.490 e. The summed E-state index contributed by atoms with van der Waals surface area (Å²) in [5, 5.41) is 0.496. The number of hydrogen-bond acceptors (Lipinski definition) is 7. The van der Waals surface area contributed by atoms with E-state index in [1.165, 1.54) is 11.1 Å². The molecule has 2 fully saturated rings. The van der Waals surface area contributed by atoms with Crippen LogP contribution in [0.15, 0.2) is 36.4 Å². The van der Waals surface area contributed by atoms with E-state index in [1.54, 1.807) is 6.07 Å². The fraction of sp³-hybridized carbons (Fsp3) is 0.650. The molecule has 2 bridgehead atoms. The molecule has 3 heterocycles. The van der Waals surface area contributed by atoms with Crippen LogP contribution in [0.3, 0.4) is 0 Å². The second kappa shape index (κ2) is 14.6. The molecule has 5 aliphatic rings. The van der Waals surface area contributed by atoms with Crippen LogP contribution >= 0.6 is 11.6 Å². The summed E-state index contributed by atoms with van der Waals surface area (Å²) in [4.78, 5) is 18.5. The zero-order valence-electron chi connectivity index (χ0n) is 30.3. The van der Waals surface area contributed by atoms with E-state index in [0.29, 0.717) is 37.2 Å². The normalized spacial score (nSPS) is 36.4. The number of halogens is 1.